The number of rotatable bonds is 2. The van der Waals surface area contributed by atoms with Crippen LogP contribution < -0.4 is 0 Å². The molecular weight excluding hydrogens is 200 g/mol. The fraction of sp³-hybridized carbons (Fsp3) is 0.200. The zero-order valence-electron chi connectivity index (χ0n) is 8.15. The van der Waals surface area contributed by atoms with Crippen LogP contribution in [0, 0.1) is 0 Å². The minimum absolute atomic E-state index is 0.317. The van der Waals surface area contributed by atoms with Gasteiger partial charge < -0.3 is 4.74 Å². The van der Waals surface area contributed by atoms with Gasteiger partial charge in [0, 0.05) is 11.2 Å². The molecule has 0 amide bonds. The molecule has 0 saturated carbocycles. The molecule has 4 heteroatoms. The molecule has 0 bridgehead atoms. The van der Waals surface area contributed by atoms with Gasteiger partial charge in [-0.25, -0.2) is 4.79 Å². The van der Waals surface area contributed by atoms with Crippen molar-refractivity contribution < 1.29 is 13.7 Å². The van der Waals surface area contributed by atoms with Crippen LogP contribution in [-0.2, 0) is 14.3 Å². The molecule has 0 aliphatic carbocycles. The van der Waals surface area contributed by atoms with Crippen molar-refractivity contribution in [3.05, 3.63) is 29.8 Å². The first kappa shape index (κ1) is 10.8. The lowest BCUT2D eigenvalue weighted by atomic mass is 10.2. The van der Waals surface area contributed by atoms with Crippen LogP contribution in [0.25, 0.3) is 0 Å². The molecule has 0 spiro atoms. The Labute approximate surface area is 83.7 Å². The Balaban J connectivity index is 3.38. The van der Waals surface area contributed by atoms with Gasteiger partial charge in [0.1, 0.15) is 0 Å². The fourth-order valence-corrected chi connectivity index (χ4v) is 2.10. The van der Waals surface area contributed by atoms with Gasteiger partial charge in [-0.1, -0.05) is 12.1 Å². The van der Waals surface area contributed by atoms with Crippen molar-refractivity contribution >= 4 is 21.4 Å². The normalized spacial score (nSPS) is 14.4. The summed E-state index contributed by atoms with van der Waals surface area (Å²) in [4.78, 5) is 11.7. The second-order valence-electron chi connectivity index (χ2n) is 2.99. The standard InChI is InChI=1S/C10H12O3S/c1-13-10(11)8-6-4-5-7-9(8)14(2,3)12/h4-7H,2H2,1,3H3. The van der Waals surface area contributed by atoms with Gasteiger partial charge in [0.05, 0.1) is 12.7 Å². The van der Waals surface area contributed by atoms with Gasteiger partial charge in [-0.15, -0.1) is 0 Å². The number of hydrogen-bond donors (Lipinski definition) is 0. The van der Waals surface area contributed by atoms with E-state index in [0.29, 0.717) is 10.5 Å². The van der Waals surface area contributed by atoms with Crippen molar-refractivity contribution in [3.8, 4) is 0 Å². The van der Waals surface area contributed by atoms with Gasteiger partial charge in [0.15, 0.2) is 0 Å². The van der Waals surface area contributed by atoms with Crippen LogP contribution >= 0.6 is 0 Å². The second-order valence-corrected chi connectivity index (χ2v) is 5.44. The summed E-state index contributed by atoms with van der Waals surface area (Å²) in [6, 6.07) is 6.62. The molecule has 1 aromatic rings. The summed E-state index contributed by atoms with van der Waals surface area (Å²) in [6.07, 6.45) is 1.49. The van der Waals surface area contributed by atoms with Crippen molar-refractivity contribution in [2.45, 2.75) is 4.90 Å². The molecule has 1 atom stereocenters. The first-order valence-electron chi connectivity index (χ1n) is 3.96. The quantitative estimate of drug-likeness (QED) is 0.546. The number of methoxy groups -OCH3 is 1. The second kappa shape index (κ2) is 3.84. The molecule has 0 saturated heterocycles. The molecule has 0 aliphatic rings. The van der Waals surface area contributed by atoms with E-state index in [2.05, 4.69) is 10.6 Å². The van der Waals surface area contributed by atoms with E-state index < -0.39 is 15.5 Å². The van der Waals surface area contributed by atoms with E-state index >= 15 is 0 Å². The lowest BCUT2D eigenvalue weighted by molar-refractivity contribution is 0.0596. The predicted molar refractivity (Wildman–Crippen MR) is 57.2 cm³/mol. The molecule has 1 unspecified atom stereocenters. The molecule has 14 heavy (non-hydrogen) atoms. The van der Waals surface area contributed by atoms with Gasteiger partial charge in [-0.3, -0.25) is 4.21 Å². The zero-order valence-corrected chi connectivity index (χ0v) is 8.97. The highest BCUT2D eigenvalue weighted by atomic mass is 32.2. The van der Waals surface area contributed by atoms with Crippen molar-refractivity contribution in [1.82, 2.24) is 0 Å². The molecule has 0 aromatic heterocycles. The molecule has 1 aromatic carbocycles. The van der Waals surface area contributed by atoms with Crippen molar-refractivity contribution in [3.63, 3.8) is 0 Å². The third-order valence-corrected chi connectivity index (χ3v) is 3.04. The monoisotopic (exact) mass is 212 g/mol. The molecule has 0 fully saturated rings. The average molecular weight is 212 g/mol. The van der Waals surface area contributed by atoms with Gasteiger partial charge in [0.2, 0.25) is 0 Å². The maximum Gasteiger partial charge on any atom is 0.339 e. The highest BCUT2D eigenvalue weighted by Gasteiger charge is 2.14. The van der Waals surface area contributed by atoms with E-state index in [-0.39, 0.29) is 0 Å². The highest BCUT2D eigenvalue weighted by molar-refractivity contribution is 7.99. The summed E-state index contributed by atoms with van der Waals surface area (Å²) in [6.45, 7) is 0. The van der Waals surface area contributed by atoms with Crippen LogP contribution in [0.15, 0.2) is 29.2 Å². The maximum atomic E-state index is 11.7. The number of hydrogen-bond acceptors (Lipinski definition) is 3. The number of esters is 1. The van der Waals surface area contributed by atoms with E-state index in [9.17, 15) is 9.00 Å². The first-order valence-corrected chi connectivity index (χ1v) is 6.10. The van der Waals surface area contributed by atoms with E-state index in [1.165, 1.54) is 13.4 Å². The van der Waals surface area contributed by atoms with E-state index in [4.69, 9.17) is 0 Å². The zero-order chi connectivity index (χ0) is 10.8. The van der Waals surface area contributed by atoms with Gasteiger partial charge in [-0.2, -0.15) is 0 Å². The maximum absolute atomic E-state index is 11.7. The molecule has 76 valence electrons. The molecule has 0 N–H and O–H groups in total. The summed E-state index contributed by atoms with van der Waals surface area (Å²) in [7, 11) is -1.10. The van der Waals surface area contributed by atoms with Crippen LogP contribution in [0.4, 0.5) is 0 Å². The minimum Gasteiger partial charge on any atom is -0.465 e. The van der Waals surface area contributed by atoms with Gasteiger partial charge >= 0.3 is 5.97 Å². The summed E-state index contributed by atoms with van der Waals surface area (Å²) in [5.74, 6) is 3.05. The number of benzene rings is 1. The fourth-order valence-electron chi connectivity index (χ4n) is 1.12. The molecule has 0 heterocycles. The molecule has 0 aliphatic heterocycles. The Hall–Kier alpha value is -1.29. The van der Waals surface area contributed by atoms with Crippen molar-refractivity contribution in [2.75, 3.05) is 13.4 Å². The smallest absolute Gasteiger partial charge is 0.339 e. The highest BCUT2D eigenvalue weighted by Crippen LogP contribution is 2.15. The largest absolute Gasteiger partial charge is 0.465 e. The molecule has 3 nitrogen and oxygen atoms in total. The molecule has 1 rings (SSSR count). The van der Waals surface area contributed by atoms with Crippen LogP contribution in [-0.4, -0.2) is 29.4 Å². The van der Waals surface area contributed by atoms with Crippen LogP contribution in [0.1, 0.15) is 10.4 Å². The van der Waals surface area contributed by atoms with Crippen LogP contribution in [0.5, 0.6) is 0 Å². The topological polar surface area (TPSA) is 43.4 Å². The Morgan fingerprint density at radius 3 is 2.50 bits per heavy atom. The minimum atomic E-state index is -2.39. The number of carbonyl (C=O) groups is 1. The van der Waals surface area contributed by atoms with Crippen molar-refractivity contribution in [1.29, 1.82) is 0 Å². The third-order valence-electron chi connectivity index (χ3n) is 1.76. The van der Waals surface area contributed by atoms with Crippen LogP contribution in [0.3, 0.4) is 0 Å². The molecular formula is C10H12O3S. The summed E-state index contributed by atoms with van der Waals surface area (Å²) in [5, 5.41) is 0. The Morgan fingerprint density at radius 2 is 2.00 bits per heavy atom. The Bertz CT molecular complexity index is 446. The lowest BCUT2D eigenvalue weighted by Gasteiger charge is -2.07. The van der Waals surface area contributed by atoms with E-state index in [1.54, 1.807) is 24.3 Å². The Morgan fingerprint density at radius 1 is 1.43 bits per heavy atom. The lowest BCUT2D eigenvalue weighted by Crippen LogP contribution is -2.09. The summed E-state index contributed by atoms with van der Waals surface area (Å²) >= 11 is 0. The third kappa shape index (κ3) is 2.14. The average Bonchev–Trinajstić information content (AvgIpc) is 2.15. The predicted octanol–water partition coefficient (Wildman–Crippen LogP) is 1.18. The van der Waals surface area contributed by atoms with E-state index in [1.807, 2.05) is 0 Å². The number of ether oxygens (including phenoxy) is 1. The first-order chi connectivity index (χ1) is 6.46. The molecule has 0 radical (unpaired) electrons. The van der Waals surface area contributed by atoms with Gasteiger partial charge in [-0.05, 0) is 27.5 Å². The number of carbonyl (C=O) groups excluding carboxylic acids is 1. The SMILES string of the molecule is C=S(C)(=O)c1ccccc1C(=O)OC. The van der Waals surface area contributed by atoms with Crippen molar-refractivity contribution in [2.24, 2.45) is 0 Å². The summed E-state index contributed by atoms with van der Waals surface area (Å²) < 4.78 is 16.3. The van der Waals surface area contributed by atoms with Crippen LogP contribution in [0.2, 0.25) is 0 Å². The summed E-state index contributed by atoms with van der Waals surface area (Å²) in [5.41, 5.74) is 0.317. The van der Waals surface area contributed by atoms with Gasteiger partial charge in [0.25, 0.3) is 0 Å². The van der Waals surface area contributed by atoms with E-state index in [0.717, 1.165) is 0 Å². The Kier molecular flexibility index (Phi) is 2.96.